The van der Waals surface area contributed by atoms with Gasteiger partial charge in [-0.25, -0.2) is 9.97 Å². The molecule has 0 saturated carbocycles. The van der Waals surface area contributed by atoms with Crippen molar-refractivity contribution in [2.45, 2.75) is 44.8 Å². The number of anilines is 2. The van der Waals surface area contributed by atoms with E-state index in [9.17, 15) is 15.0 Å². The highest BCUT2D eigenvalue weighted by atomic mass is 32.1. The molecule has 2 unspecified atom stereocenters. The fourth-order valence-corrected chi connectivity index (χ4v) is 5.96. The first kappa shape index (κ1) is 26.0. The molecule has 3 aromatic rings. The van der Waals surface area contributed by atoms with Crippen molar-refractivity contribution in [1.29, 1.82) is 0 Å². The Balaban J connectivity index is 1.23. The normalized spacial score (nSPS) is 22.9. The van der Waals surface area contributed by atoms with Crippen molar-refractivity contribution >= 4 is 39.0 Å². The fraction of sp³-hybridized carbons (Fsp3) is 0.500. The predicted octanol–water partition coefficient (Wildman–Crippen LogP) is 2.33. The number of likely N-dealkylation sites (tertiary alicyclic amines) is 1. The molecule has 2 aliphatic rings. The van der Waals surface area contributed by atoms with E-state index in [4.69, 9.17) is 0 Å². The average Bonchev–Trinajstić information content (AvgIpc) is 3.38. The lowest BCUT2D eigenvalue weighted by molar-refractivity contribution is -0.121. The number of amides is 1. The van der Waals surface area contributed by atoms with Gasteiger partial charge < -0.3 is 25.7 Å². The van der Waals surface area contributed by atoms with Gasteiger partial charge in [-0.1, -0.05) is 0 Å². The Morgan fingerprint density at radius 1 is 1.22 bits per heavy atom. The Bertz CT molecular complexity index is 1260. The summed E-state index contributed by atoms with van der Waals surface area (Å²) in [6.07, 6.45) is 1.80. The molecule has 0 spiro atoms. The second-order valence-electron chi connectivity index (χ2n) is 10.4. The molecule has 0 radical (unpaired) electrons. The molecule has 4 heterocycles. The summed E-state index contributed by atoms with van der Waals surface area (Å²) in [5, 5.41) is 30.4. The third-order valence-corrected chi connectivity index (χ3v) is 8.57. The minimum absolute atomic E-state index is 0.0676. The third kappa shape index (κ3) is 5.62. The maximum Gasteiger partial charge on any atom is 0.227 e. The third-order valence-electron chi connectivity index (χ3n) is 7.43. The number of aliphatic hydroxyl groups is 2. The second-order valence-corrected chi connectivity index (χ2v) is 11.5. The fourth-order valence-electron chi connectivity index (χ4n) is 4.95. The average molecular weight is 526 g/mol. The molecule has 5 N–H and O–H groups in total. The van der Waals surface area contributed by atoms with Gasteiger partial charge in [-0.15, -0.1) is 11.3 Å². The van der Waals surface area contributed by atoms with Gasteiger partial charge >= 0.3 is 0 Å². The first-order chi connectivity index (χ1) is 17.7. The lowest BCUT2D eigenvalue weighted by Gasteiger charge is -2.33. The van der Waals surface area contributed by atoms with Crippen molar-refractivity contribution in [2.24, 2.45) is 5.92 Å². The number of carbonyl (C=O) groups excluding carboxylic acids is 1. The van der Waals surface area contributed by atoms with Crippen LogP contribution >= 0.6 is 11.3 Å². The Hall–Kier alpha value is -2.67. The van der Waals surface area contributed by atoms with Crippen LogP contribution in [0.25, 0.3) is 20.7 Å². The highest BCUT2D eigenvalue weighted by Gasteiger charge is 2.45. The van der Waals surface area contributed by atoms with Crippen LogP contribution in [0.3, 0.4) is 0 Å². The number of hydrogen-bond acceptors (Lipinski definition) is 10. The Labute approximate surface area is 220 Å². The lowest BCUT2D eigenvalue weighted by atomic mass is 9.96. The van der Waals surface area contributed by atoms with E-state index in [0.717, 1.165) is 52.3 Å². The molecule has 5 rings (SSSR count). The number of benzene rings is 1. The van der Waals surface area contributed by atoms with E-state index in [0.29, 0.717) is 19.0 Å². The van der Waals surface area contributed by atoms with Gasteiger partial charge in [0.15, 0.2) is 6.35 Å². The van der Waals surface area contributed by atoms with E-state index in [1.807, 2.05) is 38.1 Å². The first-order valence-corrected chi connectivity index (χ1v) is 13.5. The summed E-state index contributed by atoms with van der Waals surface area (Å²) in [7, 11) is 2.09. The van der Waals surface area contributed by atoms with Crippen molar-refractivity contribution in [1.82, 2.24) is 25.1 Å². The number of aliphatic hydroxyl groups excluding tert-OH is 2. The summed E-state index contributed by atoms with van der Waals surface area (Å²) < 4.78 is 1.12. The van der Waals surface area contributed by atoms with Crippen molar-refractivity contribution in [2.75, 3.05) is 43.9 Å². The van der Waals surface area contributed by atoms with E-state index in [1.54, 1.807) is 22.4 Å². The zero-order valence-corrected chi connectivity index (χ0v) is 22.3. The quantitative estimate of drug-likeness (QED) is 0.316. The number of fused-ring (bicyclic) bond motifs is 1. The van der Waals surface area contributed by atoms with Gasteiger partial charge in [0, 0.05) is 35.6 Å². The topological polar surface area (TPSA) is 126 Å². The molecule has 198 valence electrons. The van der Waals surface area contributed by atoms with Gasteiger partial charge in [0.1, 0.15) is 6.23 Å². The maximum atomic E-state index is 12.7. The molecule has 2 atom stereocenters. The standard InChI is InChI=1S/C26H35N7O3S/c1-26(2)23(35)31-25(36)33(26)13-10-28-24-27-9-6-19(30-24)21-15-17-14-18(4-5-20(17)37-21)29-22(34)16-7-11-32(3)12-8-16/h4-6,9,14-16,23,25,31,35-36H,7-8,10-13H2,1-3H3,(H,29,34)(H,27,28,30). The van der Waals surface area contributed by atoms with Crippen molar-refractivity contribution < 1.29 is 15.0 Å². The van der Waals surface area contributed by atoms with Gasteiger partial charge in [0.25, 0.3) is 0 Å². The molecular weight excluding hydrogens is 490 g/mol. The van der Waals surface area contributed by atoms with Crippen LogP contribution in [0.1, 0.15) is 26.7 Å². The molecule has 2 aromatic heterocycles. The van der Waals surface area contributed by atoms with Gasteiger partial charge in [0.2, 0.25) is 11.9 Å². The van der Waals surface area contributed by atoms with Gasteiger partial charge in [-0.3, -0.25) is 15.0 Å². The molecule has 0 aliphatic carbocycles. The highest BCUT2D eigenvalue weighted by Crippen LogP contribution is 2.34. The maximum absolute atomic E-state index is 12.7. The largest absolute Gasteiger partial charge is 0.377 e. The lowest BCUT2D eigenvalue weighted by Crippen LogP contribution is -2.49. The molecule has 1 amide bonds. The number of nitrogens with zero attached hydrogens (tertiary/aromatic N) is 4. The van der Waals surface area contributed by atoms with Crippen LogP contribution in [-0.4, -0.2) is 87.2 Å². The molecule has 0 bridgehead atoms. The molecule has 2 aliphatic heterocycles. The molecule has 2 saturated heterocycles. The van der Waals surface area contributed by atoms with Crippen molar-refractivity contribution in [3.63, 3.8) is 0 Å². The van der Waals surface area contributed by atoms with Crippen LogP contribution in [0, 0.1) is 5.92 Å². The zero-order chi connectivity index (χ0) is 26.2. The van der Waals surface area contributed by atoms with E-state index in [-0.39, 0.29) is 11.8 Å². The number of piperidine rings is 1. The number of nitrogens with one attached hydrogen (secondary N) is 3. The van der Waals surface area contributed by atoms with Gasteiger partial charge in [-0.05, 0) is 82.5 Å². The summed E-state index contributed by atoms with van der Waals surface area (Å²) >= 11 is 1.65. The van der Waals surface area contributed by atoms with Gasteiger partial charge in [0.05, 0.1) is 16.1 Å². The Morgan fingerprint density at radius 2 is 2.00 bits per heavy atom. The number of aromatic nitrogens is 2. The summed E-state index contributed by atoms with van der Waals surface area (Å²) in [6, 6.07) is 10.00. The number of hydrogen-bond donors (Lipinski definition) is 5. The summed E-state index contributed by atoms with van der Waals surface area (Å²) in [5.41, 5.74) is 1.04. The summed E-state index contributed by atoms with van der Waals surface area (Å²) in [4.78, 5) is 26.8. The molecule has 1 aromatic carbocycles. The second kappa shape index (κ2) is 10.6. The molecular formula is C26H35N7O3S. The number of thiophene rings is 1. The zero-order valence-electron chi connectivity index (χ0n) is 21.4. The molecule has 10 nitrogen and oxygen atoms in total. The Morgan fingerprint density at radius 3 is 2.73 bits per heavy atom. The van der Waals surface area contributed by atoms with E-state index < -0.39 is 18.1 Å². The monoisotopic (exact) mass is 525 g/mol. The Kier molecular flexibility index (Phi) is 7.44. The van der Waals surface area contributed by atoms with E-state index in [1.165, 1.54) is 0 Å². The van der Waals surface area contributed by atoms with Crippen molar-refractivity contribution in [3.05, 3.63) is 36.5 Å². The molecule has 2 fully saturated rings. The van der Waals surface area contributed by atoms with Crippen LogP contribution in [0.4, 0.5) is 11.6 Å². The van der Waals surface area contributed by atoms with E-state index in [2.05, 4.69) is 43.9 Å². The minimum Gasteiger partial charge on any atom is -0.377 e. The highest BCUT2D eigenvalue weighted by molar-refractivity contribution is 7.22. The van der Waals surface area contributed by atoms with Crippen LogP contribution in [0.15, 0.2) is 36.5 Å². The first-order valence-electron chi connectivity index (χ1n) is 12.7. The summed E-state index contributed by atoms with van der Waals surface area (Å²) in [5.74, 6) is 0.670. The van der Waals surface area contributed by atoms with Crippen molar-refractivity contribution in [3.8, 4) is 10.6 Å². The van der Waals surface area contributed by atoms with Crippen LogP contribution < -0.4 is 16.0 Å². The number of rotatable bonds is 7. The smallest absolute Gasteiger partial charge is 0.227 e. The number of carbonyl (C=O) groups is 1. The van der Waals surface area contributed by atoms with Crippen LogP contribution in [-0.2, 0) is 4.79 Å². The van der Waals surface area contributed by atoms with Gasteiger partial charge in [-0.2, -0.15) is 0 Å². The van der Waals surface area contributed by atoms with Crippen LogP contribution in [0.2, 0.25) is 0 Å². The SMILES string of the molecule is CN1CCC(C(=O)Nc2ccc3sc(-c4ccnc(NCCN5C(O)NC(O)C5(C)C)n4)cc3c2)CC1. The van der Waals surface area contributed by atoms with E-state index >= 15 is 0 Å². The predicted molar refractivity (Wildman–Crippen MR) is 146 cm³/mol. The minimum atomic E-state index is -0.906. The molecule has 11 heteroatoms. The summed E-state index contributed by atoms with van der Waals surface area (Å²) in [6.45, 7) is 6.68. The molecule has 37 heavy (non-hydrogen) atoms. The van der Waals surface area contributed by atoms with Crippen LogP contribution in [0.5, 0.6) is 0 Å².